The molecule has 190 valence electrons. The van der Waals surface area contributed by atoms with E-state index in [1.807, 2.05) is 91.9 Å². The number of fused-ring (bicyclic) bond motifs is 1. The molecule has 0 aliphatic rings. The van der Waals surface area contributed by atoms with Gasteiger partial charge in [0.1, 0.15) is 5.52 Å². The molecule has 1 unspecified atom stereocenters. The molecule has 5 rings (SSSR count). The number of ketones is 1. The van der Waals surface area contributed by atoms with E-state index in [4.69, 9.17) is 4.42 Å². The first kappa shape index (κ1) is 25.0. The summed E-state index contributed by atoms with van der Waals surface area (Å²) in [6, 6.07) is 31.2. The summed E-state index contributed by atoms with van der Waals surface area (Å²) in [5, 5.41) is 12.8. The molecular formula is C32H28N2O4. The van der Waals surface area contributed by atoms with Crippen LogP contribution in [0.25, 0.3) is 22.2 Å². The Morgan fingerprint density at radius 2 is 1.58 bits per heavy atom. The second kappa shape index (κ2) is 11.1. The van der Waals surface area contributed by atoms with Crippen molar-refractivity contribution in [2.75, 3.05) is 5.32 Å². The number of carbonyl (C=O) groups is 2. The average Bonchev–Trinajstić information content (AvgIpc) is 3.33. The highest BCUT2D eigenvalue weighted by Crippen LogP contribution is 2.26. The standard InChI is InChI=1S/C32H28N2O4/c1-21-7-18-30-28(19-21)34-32(38-30)33-27-16-14-24(15-17-27)23-10-12-25(13-11-23)29(35)20-26(31(36)37)9-8-22-5-3-2-4-6-22/h2-7,10-19,26H,8-9,20H2,1H3,(H,33,34)(H,36,37). The number of hydrogen-bond donors (Lipinski definition) is 2. The van der Waals surface area contributed by atoms with Crippen molar-refractivity contribution < 1.29 is 19.1 Å². The highest BCUT2D eigenvalue weighted by atomic mass is 16.4. The Morgan fingerprint density at radius 1 is 0.895 bits per heavy atom. The zero-order valence-corrected chi connectivity index (χ0v) is 21.1. The molecule has 1 heterocycles. The third kappa shape index (κ3) is 5.98. The van der Waals surface area contributed by atoms with Crippen LogP contribution in [0.4, 0.5) is 11.7 Å². The molecule has 38 heavy (non-hydrogen) atoms. The summed E-state index contributed by atoms with van der Waals surface area (Å²) in [7, 11) is 0. The molecule has 0 spiro atoms. The lowest BCUT2D eigenvalue weighted by molar-refractivity contribution is -0.141. The van der Waals surface area contributed by atoms with Crippen molar-refractivity contribution in [1.29, 1.82) is 0 Å². The van der Waals surface area contributed by atoms with Crippen LogP contribution in [0.3, 0.4) is 0 Å². The fraction of sp³-hybridized carbons (Fsp3) is 0.156. The van der Waals surface area contributed by atoms with E-state index in [0.29, 0.717) is 24.4 Å². The number of Topliss-reactive ketones (excluding diaryl/α,β-unsaturated/α-hetero) is 1. The number of hydrogen-bond acceptors (Lipinski definition) is 5. The molecular weight excluding hydrogens is 476 g/mol. The quantitative estimate of drug-likeness (QED) is 0.192. The van der Waals surface area contributed by atoms with Crippen molar-refractivity contribution >= 4 is 34.6 Å². The number of nitrogens with one attached hydrogen (secondary N) is 1. The molecule has 0 fully saturated rings. The first-order valence-electron chi connectivity index (χ1n) is 12.6. The number of aryl methyl sites for hydroxylation is 2. The number of oxazole rings is 1. The first-order valence-corrected chi connectivity index (χ1v) is 12.6. The second-order valence-corrected chi connectivity index (χ2v) is 9.46. The van der Waals surface area contributed by atoms with Gasteiger partial charge in [-0.05, 0) is 66.3 Å². The van der Waals surface area contributed by atoms with Crippen LogP contribution in [0.15, 0.2) is 101 Å². The zero-order valence-electron chi connectivity index (χ0n) is 21.1. The van der Waals surface area contributed by atoms with Crippen LogP contribution in [-0.4, -0.2) is 21.8 Å². The van der Waals surface area contributed by atoms with Crippen molar-refractivity contribution in [1.82, 2.24) is 4.98 Å². The van der Waals surface area contributed by atoms with E-state index < -0.39 is 11.9 Å². The number of aromatic nitrogens is 1. The van der Waals surface area contributed by atoms with Crippen LogP contribution < -0.4 is 5.32 Å². The second-order valence-electron chi connectivity index (χ2n) is 9.46. The lowest BCUT2D eigenvalue weighted by Gasteiger charge is -2.12. The first-order chi connectivity index (χ1) is 18.4. The Hall–Kier alpha value is -4.71. The SMILES string of the molecule is Cc1ccc2oc(Nc3ccc(-c4ccc(C(=O)CC(CCc5ccccc5)C(=O)O)cc4)cc3)nc2c1. The molecule has 4 aromatic carbocycles. The summed E-state index contributed by atoms with van der Waals surface area (Å²) in [5.74, 6) is -1.81. The van der Waals surface area contributed by atoms with Gasteiger partial charge in [-0.25, -0.2) is 0 Å². The molecule has 0 amide bonds. The van der Waals surface area contributed by atoms with Crippen LogP contribution in [0.5, 0.6) is 0 Å². The largest absolute Gasteiger partial charge is 0.481 e. The maximum Gasteiger partial charge on any atom is 0.306 e. The molecule has 0 saturated heterocycles. The Balaban J connectivity index is 1.21. The fourth-order valence-electron chi connectivity index (χ4n) is 4.45. The molecule has 6 heteroatoms. The summed E-state index contributed by atoms with van der Waals surface area (Å²) in [6.45, 7) is 2.02. The number of carbonyl (C=O) groups excluding carboxylic acids is 1. The van der Waals surface area contributed by atoms with Crippen LogP contribution in [0, 0.1) is 12.8 Å². The summed E-state index contributed by atoms with van der Waals surface area (Å²) >= 11 is 0. The predicted octanol–water partition coefficient (Wildman–Crippen LogP) is 7.45. The van der Waals surface area contributed by atoms with Crippen molar-refractivity contribution in [2.24, 2.45) is 5.92 Å². The third-order valence-corrected chi connectivity index (χ3v) is 6.62. The third-order valence-electron chi connectivity index (χ3n) is 6.62. The lowest BCUT2D eigenvalue weighted by atomic mass is 9.92. The van der Waals surface area contributed by atoms with Crippen LogP contribution in [-0.2, 0) is 11.2 Å². The Labute approximate surface area is 221 Å². The molecule has 1 atom stereocenters. The van der Waals surface area contributed by atoms with Gasteiger partial charge in [-0.15, -0.1) is 0 Å². The Bertz CT molecular complexity index is 1560. The number of anilines is 2. The predicted molar refractivity (Wildman–Crippen MR) is 149 cm³/mol. The van der Waals surface area contributed by atoms with Gasteiger partial charge in [0.15, 0.2) is 11.4 Å². The van der Waals surface area contributed by atoms with E-state index in [-0.39, 0.29) is 12.2 Å². The van der Waals surface area contributed by atoms with Gasteiger partial charge in [0.05, 0.1) is 5.92 Å². The Morgan fingerprint density at radius 3 is 2.26 bits per heavy atom. The summed E-state index contributed by atoms with van der Waals surface area (Å²) in [5.41, 5.74) is 7.06. The molecule has 0 bridgehead atoms. The highest BCUT2D eigenvalue weighted by Gasteiger charge is 2.22. The maximum absolute atomic E-state index is 12.8. The van der Waals surface area contributed by atoms with Gasteiger partial charge in [0.2, 0.25) is 0 Å². The molecule has 6 nitrogen and oxygen atoms in total. The number of nitrogens with zero attached hydrogens (tertiary/aromatic N) is 1. The van der Waals surface area contributed by atoms with Gasteiger partial charge in [-0.1, -0.05) is 72.8 Å². The number of benzene rings is 4. The van der Waals surface area contributed by atoms with Crippen molar-refractivity contribution in [3.63, 3.8) is 0 Å². The molecule has 5 aromatic rings. The van der Waals surface area contributed by atoms with Gasteiger partial charge < -0.3 is 14.8 Å². The van der Waals surface area contributed by atoms with Gasteiger partial charge in [0, 0.05) is 17.7 Å². The molecule has 0 saturated carbocycles. The van der Waals surface area contributed by atoms with Crippen LogP contribution in [0.2, 0.25) is 0 Å². The highest BCUT2D eigenvalue weighted by molar-refractivity contribution is 5.98. The van der Waals surface area contributed by atoms with E-state index in [1.165, 1.54) is 0 Å². The van der Waals surface area contributed by atoms with Gasteiger partial charge in [-0.3, -0.25) is 9.59 Å². The minimum absolute atomic E-state index is 0.0166. The fourth-order valence-corrected chi connectivity index (χ4v) is 4.45. The van der Waals surface area contributed by atoms with Crippen molar-refractivity contribution in [3.05, 3.63) is 114 Å². The monoisotopic (exact) mass is 504 g/mol. The number of aliphatic carboxylic acids is 1. The van der Waals surface area contributed by atoms with Gasteiger partial charge in [-0.2, -0.15) is 4.98 Å². The van der Waals surface area contributed by atoms with E-state index in [9.17, 15) is 14.7 Å². The topological polar surface area (TPSA) is 92.4 Å². The van der Waals surface area contributed by atoms with Gasteiger partial charge in [0.25, 0.3) is 6.01 Å². The zero-order chi connectivity index (χ0) is 26.5. The summed E-state index contributed by atoms with van der Waals surface area (Å²) in [6.07, 6.45) is 1.03. The molecule has 0 aliphatic heterocycles. The lowest BCUT2D eigenvalue weighted by Crippen LogP contribution is -2.19. The summed E-state index contributed by atoms with van der Waals surface area (Å²) < 4.78 is 5.77. The molecule has 1 aromatic heterocycles. The number of carboxylic acid groups (broad SMARTS) is 1. The van der Waals surface area contributed by atoms with Gasteiger partial charge >= 0.3 is 5.97 Å². The molecule has 2 N–H and O–H groups in total. The van der Waals surface area contributed by atoms with E-state index in [2.05, 4.69) is 10.3 Å². The normalized spacial score (nSPS) is 11.8. The van der Waals surface area contributed by atoms with E-state index in [0.717, 1.165) is 39.0 Å². The number of carboxylic acids is 1. The van der Waals surface area contributed by atoms with Crippen molar-refractivity contribution in [3.8, 4) is 11.1 Å². The van der Waals surface area contributed by atoms with Crippen LogP contribution >= 0.6 is 0 Å². The average molecular weight is 505 g/mol. The van der Waals surface area contributed by atoms with Crippen molar-refractivity contribution in [2.45, 2.75) is 26.2 Å². The molecule has 0 radical (unpaired) electrons. The Kier molecular flexibility index (Phi) is 7.31. The minimum atomic E-state index is -0.937. The number of rotatable bonds is 10. The summed E-state index contributed by atoms with van der Waals surface area (Å²) in [4.78, 5) is 29.1. The smallest absolute Gasteiger partial charge is 0.306 e. The van der Waals surface area contributed by atoms with E-state index in [1.54, 1.807) is 12.1 Å². The molecule has 0 aliphatic carbocycles. The maximum atomic E-state index is 12.8. The minimum Gasteiger partial charge on any atom is -0.481 e. The van der Waals surface area contributed by atoms with Crippen LogP contribution in [0.1, 0.15) is 34.3 Å². The van der Waals surface area contributed by atoms with E-state index >= 15 is 0 Å².